The van der Waals surface area contributed by atoms with E-state index < -0.39 is 0 Å². The lowest BCUT2D eigenvalue weighted by Gasteiger charge is -2.25. The average molecular weight is 273 g/mol. The molecular formula is C13H14Cl2O2. The second-order valence-corrected chi connectivity index (χ2v) is 5.42. The van der Waals surface area contributed by atoms with Gasteiger partial charge in [0.25, 0.3) is 0 Å². The molecule has 0 N–H and O–H groups in total. The number of rotatable bonds is 0. The van der Waals surface area contributed by atoms with Crippen molar-refractivity contribution < 1.29 is 9.47 Å². The SMILES string of the molecule is Clc1cc2c(c3c1CCCCC3Cl)OCCO2. The van der Waals surface area contributed by atoms with E-state index in [2.05, 4.69) is 0 Å². The van der Waals surface area contributed by atoms with E-state index in [4.69, 9.17) is 32.7 Å². The summed E-state index contributed by atoms with van der Waals surface area (Å²) in [5, 5.41) is 0.749. The van der Waals surface area contributed by atoms with Crippen LogP contribution in [0.25, 0.3) is 0 Å². The van der Waals surface area contributed by atoms with Gasteiger partial charge in [0.2, 0.25) is 0 Å². The molecule has 1 aromatic carbocycles. The maximum absolute atomic E-state index is 6.47. The van der Waals surface area contributed by atoms with E-state index in [1.807, 2.05) is 6.07 Å². The molecule has 1 aromatic rings. The Morgan fingerprint density at radius 2 is 2.00 bits per heavy atom. The van der Waals surface area contributed by atoms with Crippen LogP contribution in [0.5, 0.6) is 11.5 Å². The predicted molar refractivity (Wildman–Crippen MR) is 68.6 cm³/mol. The van der Waals surface area contributed by atoms with Crippen LogP contribution < -0.4 is 9.47 Å². The van der Waals surface area contributed by atoms with Gasteiger partial charge < -0.3 is 9.47 Å². The Kier molecular flexibility index (Phi) is 3.10. The Morgan fingerprint density at radius 3 is 2.88 bits per heavy atom. The molecule has 1 atom stereocenters. The van der Waals surface area contributed by atoms with Crippen LogP contribution in [0.15, 0.2) is 6.07 Å². The number of hydrogen-bond acceptors (Lipinski definition) is 2. The lowest BCUT2D eigenvalue weighted by molar-refractivity contribution is 0.169. The van der Waals surface area contributed by atoms with E-state index in [-0.39, 0.29) is 5.38 Å². The maximum atomic E-state index is 6.47. The summed E-state index contributed by atoms with van der Waals surface area (Å²) in [6.45, 7) is 1.17. The van der Waals surface area contributed by atoms with Crippen molar-refractivity contribution in [3.05, 3.63) is 22.2 Å². The molecule has 1 heterocycles. The van der Waals surface area contributed by atoms with Crippen LogP contribution in [0.4, 0.5) is 0 Å². The smallest absolute Gasteiger partial charge is 0.166 e. The van der Waals surface area contributed by atoms with E-state index in [1.54, 1.807) is 0 Å². The van der Waals surface area contributed by atoms with Crippen molar-refractivity contribution in [2.24, 2.45) is 0 Å². The minimum atomic E-state index is -0.0124. The summed E-state index contributed by atoms with van der Waals surface area (Å²) < 4.78 is 11.3. The molecule has 4 heteroatoms. The Bertz CT molecular complexity index is 446. The summed E-state index contributed by atoms with van der Waals surface area (Å²) in [5.74, 6) is 1.56. The predicted octanol–water partition coefficient (Wildman–Crippen LogP) is 4.12. The van der Waals surface area contributed by atoms with Gasteiger partial charge in [-0.05, 0) is 24.8 Å². The first-order chi connectivity index (χ1) is 8.27. The van der Waals surface area contributed by atoms with Gasteiger partial charge in [-0.2, -0.15) is 0 Å². The molecule has 2 aliphatic rings. The molecule has 2 nitrogen and oxygen atoms in total. The van der Waals surface area contributed by atoms with E-state index in [9.17, 15) is 0 Å². The third-order valence-corrected chi connectivity index (χ3v) is 4.15. The highest BCUT2D eigenvalue weighted by Gasteiger charge is 2.28. The lowest BCUT2D eigenvalue weighted by atomic mass is 10.0. The van der Waals surface area contributed by atoms with Gasteiger partial charge in [0.1, 0.15) is 13.2 Å². The Labute approximate surface area is 111 Å². The summed E-state index contributed by atoms with van der Waals surface area (Å²) in [5.41, 5.74) is 2.21. The van der Waals surface area contributed by atoms with Gasteiger partial charge in [0.05, 0.1) is 5.38 Å². The van der Waals surface area contributed by atoms with Crippen LogP contribution in [-0.4, -0.2) is 13.2 Å². The number of halogens is 2. The molecule has 17 heavy (non-hydrogen) atoms. The van der Waals surface area contributed by atoms with Crippen LogP contribution in [0.3, 0.4) is 0 Å². The normalized spacial score (nSPS) is 22.8. The van der Waals surface area contributed by atoms with Crippen molar-refractivity contribution >= 4 is 23.2 Å². The zero-order valence-electron chi connectivity index (χ0n) is 9.47. The highest BCUT2D eigenvalue weighted by atomic mass is 35.5. The summed E-state index contributed by atoms with van der Waals surface area (Å²) in [4.78, 5) is 0. The quantitative estimate of drug-likeness (QED) is 0.523. The second-order valence-electron chi connectivity index (χ2n) is 4.49. The highest BCUT2D eigenvalue weighted by molar-refractivity contribution is 6.32. The topological polar surface area (TPSA) is 18.5 Å². The van der Waals surface area contributed by atoms with E-state index in [0.717, 1.165) is 53.3 Å². The number of benzene rings is 1. The van der Waals surface area contributed by atoms with Gasteiger partial charge in [-0.25, -0.2) is 0 Å². The first-order valence-corrected chi connectivity index (χ1v) is 6.84. The van der Waals surface area contributed by atoms with Gasteiger partial charge in [-0.1, -0.05) is 18.0 Å². The van der Waals surface area contributed by atoms with Crippen LogP contribution in [0.2, 0.25) is 5.02 Å². The standard InChI is InChI=1S/C13H14Cl2O2/c14-9-4-2-1-3-8-10(15)7-11-13(12(8)9)17-6-5-16-11/h7,9H,1-6H2. The minimum Gasteiger partial charge on any atom is -0.486 e. The number of alkyl halides is 1. The molecule has 0 radical (unpaired) electrons. The van der Waals surface area contributed by atoms with Crippen LogP contribution in [0.1, 0.15) is 35.8 Å². The van der Waals surface area contributed by atoms with E-state index in [1.165, 1.54) is 0 Å². The van der Waals surface area contributed by atoms with Crippen molar-refractivity contribution in [1.29, 1.82) is 0 Å². The zero-order valence-corrected chi connectivity index (χ0v) is 11.0. The van der Waals surface area contributed by atoms with Crippen molar-refractivity contribution in [2.45, 2.75) is 31.1 Å². The third-order valence-electron chi connectivity index (χ3n) is 3.37. The van der Waals surface area contributed by atoms with Gasteiger partial charge in [-0.15, -0.1) is 11.6 Å². The molecule has 1 unspecified atom stereocenters. The number of hydrogen-bond donors (Lipinski definition) is 0. The van der Waals surface area contributed by atoms with Crippen LogP contribution in [-0.2, 0) is 6.42 Å². The van der Waals surface area contributed by atoms with Crippen molar-refractivity contribution in [2.75, 3.05) is 13.2 Å². The Hall–Kier alpha value is -0.600. The Balaban J connectivity index is 2.19. The lowest BCUT2D eigenvalue weighted by Crippen LogP contribution is -2.17. The van der Waals surface area contributed by atoms with E-state index >= 15 is 0 Å². The summed E-state index contributed by atoms with van der Waals surface area (Å²) in [7, 11) is 0. The first-order valence-electron chi connectivity index (χ1n) is 6.02. The van der Waals surface area contributed by atoms with Crippen LogP contribution >= 0.6 is 23.2 Å². The molecule has 0 fully saturated rings. The minimum absolute atomic E-state index is 0.0124. The number of fused-ring (bicyclic) bond motifs is 3. The molecule has 3 rings (SSSR count). The monoisotopic (exact) mass is 272 g/mol. The fourth-order valence-corrected chi connectivity index (χ4v) is 3.25. The molecule has 0 bridgehead atoms. The van der Waals surface area contributed by atoms with Crippen molar-refractivity contribution in [3.63, 3.8) is 0 Å². The molecule has 0 spiro atoms. The third kappa shape index (κ3) is 1.98. The maximum Gasteiger partial charge on any atom is 0.166 e. The highest BCUT2D eigenvalue weighted by Crippen LogP contribution is 2.47. The molecular weight excluding hydrogens is 259 g/mol. The van der Waals surface area contributed by atoms with Crippen LogP contribution in [0, 0.1) is 0 Å². The fraction of sp³-hybridized carbons (Fsp3) is 0.538. The van der Waals surface area contributed by atoms with E-state index in [0.29, 0.717) is 13.2 Å². The molecule has 1 aliphatic carbocycles. The molecule has 92 valence electrons. The molecule has 0 aromatic heterocycles. The number of ether oxygens (including phenoxy) is 2. The Morgan fingerprint density at radius 1 is 1.18 bits per heavy atom. The fourth-order valence-electron chi connectivity index (χ4n) is 2.57. The molecule has 0 amide bonds. The molecule has 1 aliphatic heterocycles. The van der Waals surface area contributed by atoms with Gasteiger partial charge >= 0.3 is 0 Å². The molecule has 0 saturated heterocycles. The van der Waals surface area contributed by atoms with Gasteiger partial charge in [0.15, 0.2) is 11.5 Å². The van der Waals surface area contributed by atoms with Gasteiger partial charge in [-0.3, -0.25) is 0 Å². The van der Waals surface area contributed by atoms with Gasteiger partial charge in [0, 0.05) is 16.7 Å². The summed E-state index contributed by atoms with van der Waals surface area (Å²) in [6, 6.07) is 1.86. The zero-order chi connectivity index (χ0) is 11.8. The summed E-state index contributed by atoms with van der Waals surface area (Å²) >= 11 is 12.8. The second kappa shape index (κ2) is 4.58. The van der Waals surface area contributed by atoms with Crippen molar-refractivity contribution in [3.8, 4) is 11.5 Å². The molecule has 0 saturated carbocycles. The first kappa shape index (κ1) is 11.5. The van der Waals surface area contributed by atoms with Crippen molar-refractivity contribution in [1.82, 2.24) is 0 Å². The average Bonchev–Trinajstić information content (AvgIpc) is 2.52. The summed E-state index contributed by atoms with van der Waals surface area (Å²) in [6.07, 6.45) is 4.23. The largest absolute Gasteiger partial charge is 0.486 e.